The summed E-state index contributed by atoms with van der Waals surface area (Å²) in [6.07, 6.45) is 0.812. The molecular weight excluding hydrogens is 350 g/mol. The minimum Gasteiger partial charge on any atom is -0.504 e. The van der Waals surface area contributed by atoms with E-state index in [0.717, 1.165) is 0 Å². The monoisotopic (exact) mass is 370 g/mol. The number of nitrogens with one attached hydrogen (secondary N) is 1. The van der Waals surface area contributed by atoms with Gasteiger partial charge in [-0.3, -0.25) is 0 Å². The van der Waals surface area contributed by atoms with Crippen molar-refractivity contribution in [2.45, 2.75) is 45.9 Å². The molecule has 1 amide bonds. The molecule has 1 atom stereocenters. The molecular formula is C17H20F2N2O5. The van der Waals surface area contributed by atoms with E-state index < -0.39 is 30.1 Å². The molecule has 2 aromatic rings. The minimum atomic E-state index is -3.04. The van der Waals surface area contributed by atoms with E-state index in [2.05, 4.69) is 15.0 Å². The van der Waals surface area contributed by atoms with E-state index in [1.807, 2.05) is 0 Å². The molecule has 142 valence electrons. The van der Waals surface area contributed by atoms with Crippen molar-refractivity contribution in [3.8, 4) is 23.0 Å². The van der Waals surface area contributed by atoms with Crippen LogP contribution in [-0.2, 0) is 4.74 Å². The van der Waals surface area contributed by atoms with E-state index in [4.69, 9.17) is 9.15 Å². The van der Waals surface area contributed by atoms with Gasteiger partial charge in [0.25, 0.3) is 0 Å². The van der Waals surface area contributed by atoms with Crippen LogP contribution < -0.4 is 10.1 Å². The van der Waals surface area contributed by atoms with Gasteiger partial charge in [0.2, 0.25) is 5.89 Å². The van der Waals surface area contributed by atoms with E-state index >= 15 is 0 Å². The number of ether oxygens (including phenoxy) is 2. The van der Waals surface area contributed by atoms with Crippen molar-refractivity contribution in [1.82, 2.24) is 10.3 Å². The number of rotatable bonds is 5. The molecule has 9 heteroatoms. The van der Waals surface area contributed by atoms with E-state index in [0.29, 0.717) is 11.3 Å². The Labute approximate surface area is 148 Å². The van der Waals surface area contributed by atoms with Crippen molar-refractivity contribution in [3.05, 3.63) is 30.2 Å². The van der Waals surface area contributed by atoms with Gasteiger partial charge in [-0.15, -0.1) is 0 Å². The molecule has 26 heavy (non-hydrogen) atoms. The number of aromatic hydroxyl groups is 1. The lowest BCUT2D eigenvalue weighted by Crippen LogP contribution is -2.33. The number of aromatic nitrogens is 1. The third kappa shape index (κ3) is 5.33. The highest BCUT2D eigenvalue weighted by Crippen LogP contribution is 2.33. The van der Waals surface area contributed by atoms with Gasteiger partial charge in [0.1, 0.15) is 11.4 Å². The normalized spacial score (nSPS) is 12.7. The molecule has 0 aliphatic carbocycles. The smallest absolute Gasteiger partial charge is 0.408 e. The Morgan fingerprint density at radius 3 is 2.62 bits per heavy atom. The number of alkyl halides is 2. The molecule has 0 saturated carbocycles. The Morgan fingerprint density at radius 2 is 2.04 bits per heavy atom. The second-order valence-electron chi connectivity index (χ2n) is 6.50. The van der Waals surface area contributed by atoms with Crippen LogP contribution >= 0.6 is 0 Å². The molecule has 1 unspecified atom stereocenters. The van der Waals surface area contributed by atoms with Crippen LogP contribution in [0.1, 0.15) is 39.5 Å². The molecule has 1 aromatic heterocycles. The van der Waals surface area contributed by atoms with Crippen LogP contribution in [-0.4, -0.2) is 28.4 Å². The number of amides is 1. The number of oxazole rings is 1. The van der Waals surface area contributed by atoms with Crippen LogP contribution in [0, 0.1) is 0 Å². The molecule has 7 nitrogen and oxygen atoms in total. The lowest BCUT2D eigenvalue weighted by molar-refractivity contribution is -0.0512. The molecule has 2 N–H and O–H groups in total. The van der Waals surface area contributed by atoms with Crippen LogP contribution in [0.25, 0.3) is 11.5 Å². The minimum absolute atomic E-state index is 0.150. The molecule has 0 bridgehead atoms. The summed E-state index contributed by atoms with van der Waals surface area (Å²) < 4.78 is 39.3. The summed E-state index contributed by atoms with van der Waals surface area (Å²) in [5.74, 6) is -0.312. The highest BCUT2D eigenvalue weighted by atomic mass is 19.3. The lowest BCUT2D eigenvalue weighted by Gasteiger charge is -2.21. The SMILES string of the molecule is CC(NC(=O)OC(C)(C)C)c1cnc(-c2ccc(OC(F)F)c(O)c2)o1. The number of phenolic OH excluding ortho intramolecular Hbond substituents is 1. The van der Waals surface area contributed by atoms with Gasteiger partial charge in [0, 0.05) is 5.56 Å². The van der Waals surface area contributed by atoms with Crippen molar-refractivity contribution in [3.63, 3.8) is 0 Å². The zero-order chi connectivity index (χ0) is 19.5. The Morgan fingerprint density at radius 1 is 1.35 bits per heavy atom. The number of carbonyl (C=O) groups is 1. The second-order valence-corrected chi connectivity index (χ2v) is 6.50. The van der Waals surface area contributed by atoms with Gasteiger partial charge < -0.3 is 24.3 Å². The molecule has 0 saturated heterocycles. The van der Waals surface area contributed by atoms with Crippen LogP contribution in [0.5, 0.6) is 11.5 Å². The first-order valence-corrected chi connectivity index (χ1v) is 7.78. The van der Waals surface area contributed by atoms with Gasteiger partial charge in [-0.2, -0.15) is 8.78 Å². The van der Waals surface area contributed by atoms with E-state index in [9.17, 15) is 18.7 Å². The highest BCUT2D eigenvalue weighted by Gasteiger charge is 2.21. The quantitative estimate of drug-likeness (QED) is 0.818. The number of nitrogens with zero attached hydrogens (tertiary/aromatic N) is 1. The summed E-state index contributed by atoms with van der Waals surface area (Å²) in [4.78, 5) is 15.8. The van der Waals surface area contributed by atoms with E-state index in [1.165, 1.54) is 24.4 Å². The van der Waals surface area contributed by atoms with Gasteiger partial charge in [0.15, 0.2) is 11.5 Å². The second kappa shape index (κ2) is 7.59. The van der Waals surface area contributed by atoms with Crippen molar-refractivity contribution in [2.24, 2.45) is 0 Å². The maximum Gasteiger partial charge on any atom is 0.408 e. The summed E-state index contributed by atoms with van der Waals surface area (Å²) in [7, 11) is 0. The maximum absolute atomic E-state index is 12.2. The standard InChI is InChI=1S/C17H20F2N2O5/c1-9(21-16(23)26-17(2,3)4)13-8-20-14(24-13)10-5-6-12(11(22)7-10)25-15(18)19/h5-9,15,22H,1-4H3,(H,21,23). The average molecular weight is 370 g/mol. The van der Waals surface area contributed by atoms with Crippen molar-refractivity contribution >= 4 is 6.09 Å². The summed E-state index contributed by atoms with van der Waals surface area (Å²) in [6, 6.07) is 3.28. The number of halogens is 2. The molecule has 0 spiro atoms. The fourth-order valence-electron chi connectivity index (χ4n) is 2.02. The predicted molar refractivity (Wildman–Crippen MR) is 88.0 cm³/mol. The number of benzene rings is 1. The Bertz CT molecular complexity index is 771. The molecule has 0 fully saturated rings. The first kappa shape index (κ1) is 19.5. The third-order valence-corrected chi connectivity index (χ3v) is 3.11. The topological polar surface area (TPSA) is 93.8 Å². The molecule has 1 aromatic carbocycles. The first-order valence-electron chi connectivity index (χ1n) is 7.78. The summed E-state index contributed by atoms with van der Waals surface area (Å²) >= 11 is 0. The summed E-state index contributed by atoms with van der Waals surface area (Å²) in [5.41, 5.74) is -0.268. The fourth-order valence-corrected chi connectivity index (χ4v) is 2.02. The Balaban J connectivity index is 2.09. The van der Waals surface area contributed by atoms with Crippen molar-refractivity contribution in [1.29, 1.82) is 0 Å². The zero-order valence-corrected chi connectivity index (χ0v) is 14.7. The molecule has 0 radical (unpaired) electrons. The van der Waals surface area contributed by atoms with Crippen LogP contribution in [0.15, 0.2) is 28.8 Å². The molecule has 1 heterocycles. The number of hydrogen-bond acceptors (Lipinski definition) is 6. The van der Waals surface area contributed by atoms with Gasteiger partial charge in [-0.1, -0.05) is 0 Å². The lowest BCUT2D eigenvalue weighted by atomic mass is 10.2. The van der Waals surface area contributed by atoms with Crippen molar-refractivity contribution in [2.75, 3.05) is 0 Å². The summed E-state index contributed by atoms with van der Waals surface area (Å²) in [6.45, 7) is 3.89. The Hall–Kier alpha value is -2.84. The molecule has 0 aliphatic heterocycles. The number of carbonyl (C=O) groups excluding carboxylic acids is 1. The van der Waals surface area contributed by atoms with Crippen molar-refractivity contribution < 1.29 is 32.6 Å². The maximum atomic E-state index is 12.2. The third-order valence-electron chi connectivity index (χ3n) is 3.11. The van der Waals surface area contributed by atoms with Gasteiger partial charge in [-0.05, 0) is 45.9 Å². The van der Waals surface area contributed by atoms with E-state index in [1.54, 1.807) is 27.7 Å². The van der Waals surface area contributed by atoms with Gasteiger partial charge >= 0.3 is 12.7 Å². The molecule has 2 rings (SSSR count). The van der Waals surface area contributed by atoms with Crippen LogP contribution in [0.4, 0.5) is 13.6 Å². The first-order chi connectivity index (χ1) is 12.0. The largest absolute Gasteiger partial charge is 0.504 e. The van der Waals surface area contributed by atoms with Crippen LogP contribution in [0.2, 0.25) is 0 Å². The summed E-state index contributed by atoms with van der Waals surface area (Å²) in [5, 5.41) is 12.4. The number of phenols is 1. The van der Waals surface area contributed by atoms with Gasteiger partial charge in [-0.25, -0.2) is 9.78 Å². The van der Waals surface area contributed by atoms with E-state index in [-0.39, 0.29) is 11.6 Å². The zero-order valence-electron chi connectivity index (χ0n) is 14.7. The molecule has 0 aliphatic rings. The van der Waals surface area contributed by atoms with Crippen LogP contribution in [0.3, 0.4) is 0 Å². The predicted octanol–water partition coefficient (Wildman–Crippen LogP) is 4.23. The number of alkyl carbamates (subject to hydrolysis) is 1. The number of hydrogen-bond donors (Lipinski definition) is 2. The van der Waals surface area contributed by atoms with Gasteiger partial charge in [0.05, 0.1) is 12.2 Å². The fraction of sp³-hybridized carbons (Fsp3) is 0.412. The highest BCUT2D eigenvalue weighted by molar-refractivity contribution is 5.68. The Kier molecular flexibility index (Phi) is 5.69. The average Bonchev–Trinajstić information content (AvgIpc) is 2.96.